The van der Waals surface area contributed by atoms with Crippen LogP contribution >= 0.6 is 0 Å². The van der Waals surface area contributed by atoms with Gasteiger partial charge in [0.2, 0.25) is 11.8 Å². The van der Waals surface area contributed by atoms with Crippen molar-refractivity contribution in [1.29, 1.82) is 0 Å². The molecule has 29 heavy (non-hydrogen) atoms. The summed E-state index contributed by atoms with van der Waals surface area (Å²) in [6, 6.07) is 14.8. The van der Waals surface area contributed by atoms with Gasteiger partial charge in [0, 0.05) is 18.2 Å². The number of primary amides is 1. The molecule has 0 spiro atoms. The second kappa shape index (κ2) is 9.84. The average molecular weight is 395 g/mol. The quantitative estimate of drug-likeness (QED) is 0.487. The molecule has 0 saturated carbocycles. The summed E-state index contributed by atoms with van der Waals surface area (Å²) in [5, 5.41) is 4.98. The van der Waals surface area contributed by atoms with Crippen molar-refractivity contribution in [3.05, 3.63) is 71.4 Å². The molecule has 3 amide bonds. The minimum Gasteiger partial charge on any atom is -0.448 e. The van der Waals surface area contributed by atoms with Gasteiger partial charge in [0.15, 0.2) is 6.10 Å². The molecule has 0 saturated heterocycles. The van der Waals surface area contributed by atoms with Crippen molar-refractivity contribution >= 4 is 35.5 Å². The van der Waals surface area contributed by atoms with Crippen LogP contribution in [-0.4, -0.2) is 29.8 Å². The van der Waals surface area contributed by atoms with Crippen LogP contribution in [0.25, 0.3) is 6.08 Å². The lowest BCUT2D eigenvalue weighted by molar-refractivity contribution is -0.149. The van der Waals surface area contributed by atoms with Gasteiger partial charge in [0.05, 0.1) is 0 Å². The normalized spacial score (nSPS) is 11.9. The van der Waals surface area contributed by atoms with Crippen molar-refractivity contribution in [1.82, 2.24) is 5.32 Å². The monoisotopic (exact) mass is 395 g/mol. The van der Waals surface area contributed by atoms with Crippen LogP contribution in [0.15, 0.2) is 60.3 Å². The second-order valence-corrected chi connectivity index (χ2v) is 6.13. The highest BCUT2D eigenvalue weighted by atomic mass is 16.5. The van der Waals surface area contributed by atoms with Crippen LogP contribution in [0.1, 0.15) is 29.8 Å². The van der Waals surface area contributed by atoms with E-state index in [9.17, 15) is 19.2 Å². The van der Waals surface area contributed by atoms with Crippen molar-refractivity contribution in [2.45, 2.75) is 20.0 Å². The Kier molecular flexibility index (Phi) is 7.25. The van der Waals surface area contributed by atoms with Crippen molar-refractivity contribution < 1.29 is 23.9 Å². The smallest absolute Gasteiger partial charge is 0.355 e. The maximum Gasteiger partial charge on any atom is 0.355 e. The van der Waals surface area contributed by atoms with Gasteiger partial charge in [-0.15, -0.1) is 0 Å². The number of amides is 3. The van der Waals surface area contributed by atoms with Crippen LogP contribution in [0.2, 0.25) is 0 Å². The lowest BCUT2D eigenvalue weighted by Crippen LogP contribution is -2.33. The molecule has 0 radical (unpaired) electrons. The number of benzene rings is 2. The summed E-state index contributed by atoms with van der Waals surface area (Å²) in [6.45, 7) is 2.66. The van der Waals surface area contributed by atoms with Crippen LogP contribution < -0.4 is 16.4 Å². The molecule has 8 heteroatoms. The minimum atomic E-state index is -1.13. The molecule has 0 aliphatic carbocycles. The molecule has 8 nitrogen and oxygen atoms in total. The molecule has 0 aromatic heterocycles. The summed E-state index contributed by atoms with van der Waals surface area (Å²) >= 11 is 0. The first-order chi connectivity index (χ1) is 13.8. The van der Waals surface area contributed by atoms with E-state index in [-0.39, 0.29) is 5.70 Å². The van der Waals surface area contributed by atoms with E-state index in [4.69, 9.17) is 10.5 Å². The van der Waals surface area contributed by atoms with Crippen molar-refractivity contribution in [2.75, 3.05) is 5.32 Å². The van der Waals surface area contributed by atoms with Gasteiger partial charge in [0.1, 0.15) is 5.70 Å². The number of hydrogen-bond donors (Lipinski definition) is 3. The lowest BCUT2D eigenvalue weighted by Gasteiger charge is -2.15. The summed E-state index contributed by atoms with van der Waals surface area (Å²) in [6.07, 6.45) is 0.322. The Morgan fingerprint density at radius 1 is 1.00 bits per heavy atom. The Balaban J connectivity index is 2.05. The fourth-order valence-corrected chi connectivity index (χ4v) is 2.29. The zero-order valence-electron chi connectivity index (χ0n) is 16.0. The Bertz CT molecular complexity index is 937. The minimum absolute atomic E-state index is 0.0887. The third kappa shape index (κ3) is 6.62. The molecule has 2 rings (SSSR count). The first kappa shape index (κ1) is 21.4. The highest BCUT2D eigenvalue weighted by Crippen LogP contribution is 2.12. The summed E-state index contributed by atoms with van der Waals surface area (Å²) < 4.78 is 5.17. The molecule has 1 atom stereocenters. The summed E-state index contributed by atoms with van der Waals surface area (Å²) in [4.78, 5) is 47.2. The standard InChI is InChI=1S/C21H21N3O5/c1-13(20(27)24-17-10-8-16(9-11-17)19(22)26)29-21(28)18(23-14(2)25)12-15-6-4-3-5-7-15/h3-13H,1-2H3,(H2,22,26)(H,23,25)(H,24,27)/b18-12-/t13-/m1/s1. The van der Waals surface area contributed by atoms with Crippen LogP contribution in [0.3, 0.4) is 0 Å². The van der Waals surface area contributed by atoms with Gasteiger partial charge < -0.3 is 21.1 Å². The number of nitrogens with two attached hydrogens (primary N) is 1. The van der Waals surface area contributed by atoms with Crippen LogP contribution in [0.4, 0.5) is 5.69 Å². The zero-order valence-corrected chi connectivity index (χ0v) is 16.0. The van der Waals surface area contributed by atoms with E-state index in [2.05, 4.69) is 10.6 Å². The van der Waals surface area contributed by atoms with Crippen molar-refractivity contribution in [3.63, 3.8) is 0 Å². The number of hydrogen-bond acceptors (Lipinski definition) is 5. The number of esters is 1. The van der Waals surface area contributed by atoms with E-state index in [1.165, 1.54) is 44.2 Å². The van der Waals surface area contributed by atoms with Gasteiger partial charge in [-0.05, 0) is 42.8 Å². The topological polar surface area (TPSA) is 128 Å². The number of carbonyl (C=O) groups is 4. The van der Waals surface area contributed by atoms with Crippen LogP contribution in [0, 0.1) is 0 Å². The van der Waals surface area contributed by atoms with Gasteiger partial charge >= 0.3 is 5.97 Å². The zero-order chi connectivity index (χ0) is 21.4. The largest absolute Gasteiger partial charge is 0.448 e. The molecule has 2 aromatic carbocycles. The van der Waals surface area contributed by atoms with Gasteiger partial charge in [-0.25, -0.2) is 4.79 Å². The maximum absolute atomic E-state index is 12.4. The molecular weight excluding hydrogens is 374 g/mol. The maximum atomic E-state index is 12.4. The summed E-state index contributed by atoms with van der Waals surface area (Å²) in [5.74, 6) is -2.46. The molecule has 0 unspecified atom stereocenters. The number of anilines is 1. The molecule has 2 aromatic rings. The Morgan fingerprint density at radius 3 is 2.17 bits per heavy atom. The summed E-state index contributed by atoms with van der Waals surface area (Å²) in [7, 11) is 0. The Labute approximate surface area is 167 Å². The van der Waals surface area contributed by atoms with Gasteiger partial charge in [-0.2, -0.15) is 0 Å². The van der Waals surface area contributed by atoms with Crippen molar-refractivity contribution in [2.24, 2.45) is 5.73 Å². The Morgan fingerprint density at radius 2 is 1.62 bits per heavy atom. The number of nitrogens with one attached hydrogen (secondary N) is 2. The molecule has 0 fully saturated rings. The fourth-order valence-electron chi connectivity index (χ4n) is 2.29. The van der Waals surface area contributed by atoms with E-state index in [0.717, 1.165) is 0 Å². The van der Waals surface area contributed by atoms with E-state index in [0.29, 0.717) is 16.8 Å². The second-order valence-electron chi connectivity index (χ2n) is 6.13. The molecule has 0 bridgehead atoms. The summed E-state index contributed by atoms with van der Waals surface area (Å²) in [5.41, 5.74) is 6.47. The van der Waals surface area contributed by atoms with Crippen LogP contribution in [0.5, 0.6) is 0 Å². The number of rotatable bonds is 7. The van der Waals surface area contributed by atoms with Crippen molar-refractivity contribution in [3.8, 4) is 0 Å². The molecule has 4 N–H and O–H groups in total. The molecule has 0 aliphatic rings. The molecular formula is C21H21N3O5. The molecule has 150 valence electrons. The van der Waals surface area contributed by atoms with E-state index in [1.807, 2.05) is 6.07 Å². The predicted molar refractivity (Wildman–Crippen MR) is 107 cm³/mol. The third-order valence-corrected chi connectivity index (χ3v) is 3.73. The predicted octanol–water partition coefficient (Wildman–Crippen LogP) is 1.83. The third-order valence-electron chi connectivity index (χ3n) is 3.73. The van der Waals surface area contributed by atoms with Crippen LogP contribution in [-0.2, 0) is 19.1 Å². The lowest BCUT2D eigenvalue weighted by atomic mass is 10.2. The van der Waals surface area contributed by atoms with Gasteiger partial charge in [0.25, 0.3) is 5.91 Å². The average Bonchev–Trinajstić information content (AvgIpc) is 2.68. The Hall–Kier alpha value is -3.94. The van der Waals surface area contributed by atoms with E-state index < -0.39 is 29.8 Å². The SMILES string of the molecule is CC(=O)N/C(=C\c1ccccc1)C(=O)O[C@H](C)C(=O)Nc1ccc(C(N)=O)cc1. The molecule has 0 aliphatic heterocycles. The molecule has 0 heterocycles. The fraction of sp³-hybridized carbons (Fsp3) is 0.143. The van der Waals surface area contributed by atoms with E-state index in [1.54, 1.807) is 24.3 Å². The number of carbonyl (C=O) groups excluding carboxylic acids is 4. The first-order valence-corrected chi connectivity index (χ1v) is 8.72. The highest BCUT2D eigenvalue weighted by Gasteiger charge is 2.21. The first-order valence-electron chi connectivity index (χ1n) is 8.72. The highest BCUT2D eigenvalue weighted by molar-refractivity contribution is 6.01. The van der Waals surface area contributed by atoms with Gasteiger partial charge in [-0.3, -0.25) is 14.4 Å². The van der Waals surface area contributed by atoms with E-state index >= 15 is 0 Å². The van der Waals surface area contributed by atoms with Gasteiger partial charge in [-0.1, -0.05) is 30.3 Å². The number of ether oxygens (including phenoxy) is 1.